The molecule has 0 atom stereocenters. The van der Waals surface area contributed by atoms with Crippen LogP contribution in [0.4, 0.5) is 0 Å². The van der Waals surface area contributed by atoms with Crippen LogP contribution in [0.15, 0.2) is 60.7 Å². The molecule has 0 aliphatic carbocycles. The van der Waals surface area contributed by atoms with E-state index in [1.165, 1.54) is 0 Å². The first-order valence-electron chi connectivity index (χ1n) is 5.85. The van der Waals surface area contributed by atoms with Crippen LogP contribution in [-0.4, -0.2) is 4.89 Å². The third-order valence-corrected chi connectivity index (χ3v) is 4.02. The van der Waals surface area contributed by atoms with E-state index in [2.05, 4.69) is 0 Å². The van der Waals surface area contributed by atoms with Gasteiger partial charge in [0.15, 0.2) is 0 Å². The van der Waals surface area contributed by atoms with Crippen molar-refractivity contribution >= 4 is 18.5 Å². The van der Waals surface area contributed by atoms with Gasteiger partial charge in [0.05, 0.1) is 13.2 Å². The van der Waals surface area contributed by atoms with Gasteiger partial charge in [0, 0.05) is 0 Å². The Hall–Kier alpha value is -1.03. The fraction of sp³-hybridized carbons (Fsp3) is 0.143. The molecule has 0 aliphatic heterocycles. The van der Waals surface area contributed by atoms with Crippen molar-refractivity contribution in [1.29, 1.82) is 0 Å². The summed E-state index contributed by atoms with van der Waals surface area (Å²) >= 11 is 4.96. The fourth-order valence-electron chi connectivity index (χ4n) is 1.50. The zero-order chi connectivity index (χ0) is 13.6. The summed E-state index contributed by atoms with van der Waals surface area (Å²) in [5, 5.41) is 0. The lowest BCUT2D eigenvalue weighted by Crippen LogP contribution is -1.96. The number of hydrogen-bond acceptors (Lipinski definition) is 3. The lowest BCUT2D eigenvalue weighted by atomic mass is 10.2. The Kier molecular flexibility index (Phi) is 5.25. The zero-order valence-electron chi connectivity index (χ0n) is 10.3. The average Bonchev–Trinajstić information content (AvgIpc) is 2.46. The third-order valence-electron chi connectivity index (χ3n) is 2.47. The fourth-order valence-corrected chi connectivity index (χ4v) is 2.51. The molecule has 0 unspecified atom stereocenters. The van der Waals surface area contributed by atoms with Crippen molar-refractivity contribution in [2.24, 2.45) is 0 Å². The highest BCUT2D eigenvalue weighted by atomic mass is 32.5. The predicted molar refractivity (Wildman–Crippen MR) is 79.0 cm³/mol. The van der Waals surface area contributed by atoms with Crippen molar-refractivity contribution < 1.29 is 13.9 Å². The highest BCUT2D eigenvalue weighted by Crippen LogP contribution is 2.45. The zero-order valence-corrected chi connectivity index (χ0v) is 12.0. The largest absolute Gasteiger partial charge is 0.325 e. The van der Waals surface area contributed by atoms with Gasteiger partial charge in [-0.2, -0.15) is 0 Å². The van der Waals surface area contributed by atoms with E-state index in [9.17, 15) is 4.89 Å². The Bertz CT molecular complexity index is 498. The molecule has 0 spiro atoms. The minimum atomic E-state index is -3.19. The topological polar surface area (TPSA) is 38.7 Å². The van der Waals surface area contributed by atoms with E-state index in [4.69, 9.17) is 20.9 Å². The molecule has 0 amide bonds. The predicted octanol–water partition coefficient (Wildman–Crippen LogP) is 3.64. The summed E-state index contributed by atoms with van der Waals surface area (Å²) in [6.07, 6.45) is 0. The Labute approximate surface area is 118 Å². The highest BCUT2D eigenvalue weighted by molar-refractivity contribution is 8.07. The van der Waals surface area contributed by atoms with Gasteiger partial charge in [-0.1, -0.05) is 60.7 Å². The molecule has 0 heterocycles. The van der Waals surface area contributed by atoms with Gasteiger partial charge in [-0.25, -0.2) is 0 Å². The highest BCUT2D eigenvalue weighted by Gasteiger charge is 2.15. The molecule has 0 saturated heterocycles. The van der Waals surface area contributed by atoms with E-state index in [0.29, 0.717) is 0 Å². The van der Waals surface area contributed by atoms with Crippen molar-refractivity contribution in [3.8, 4) is 0 Å². The molecular weight excluding hydrogens is 279 g/mol. The second-order valence-corrected chi connectivity index (χ2v) is 6.82. The maximum atomic E-state index is 9.92. The first-order chi connectivity index (χ1) is 9.16. The van der Waals surface area contributed by atoms with Crippen LogP contribution in [-0.2, 0) is 34.1 Å². The van der Waals surface area contributed by atoms with Crippen LogP contribution in [0.3, 0.4) is 0 Å². The van der Waals surface area contributed by atoms with E-state index in [1.54, 1.807) is 0 Å². The van der Waals surface area contributed by atoms with Crippen LogP contribution in [0.5, 0.6) is 0 Å². The Morgan fingerprint density at radius 1 is 0.789 bits per heavy atom. The summed E-state index contributed by atoms with van der Waals surface area (Å²) in [5.41, 5.74) is 1.91. The standard InChI is InChI=1S/C14H15O3PS/c15-18(19,16-11-13-7-3-1-4-8-13)17-12-14-9-5-2-6-10-14/h1-10H,11-12H2,(H,15,19). The minimum absolute atomic E-state index is 0.253. The third kappa shape index (κ3) is 5.23. The van der Waals surface area contributed by atoms with Gasteiger partial charge in [-0.15, -0.1) is 0 Å². The summed E-state index contributed by atoms with van der Waals surface area (Å²) in [7, 11) is 0. The Morgan fingerprint density at radius 2 is 1.16 bits per heavy atom. The molecule has 2 rings (SSSR count). The first-order valence-corrected chi connectivity index (χ1v) is 8.44. The van der Waals surface area contributed by atoms with Crippen molar-refractivity contribution in [1.82, 2.24) is 0 Å². The molecule has 0 bridgehead atoms. The van der Waals surface area contributed by atoms with E-state index in [1.807, 2.05) is 60.7 Å². The lowest BCUT2D eigenvalue weighted by molar-refractivity contribution is 0.184. The smallest absolute Gasteiger partial charge is 0.324 e. The van der Waals surface area contributed by atoms with Crippen molar-refractivity contribution in [3.05, 3.63) is 71.8 Å². The van der Waals surface area contributed by atoms with Crippen LogP contribution in [0.25, 0.3) is 0 Å². The number of benzene rings is 2. The Morgan fingerprint density at radius 3 is 1.53 bits per heavy atom. The van der Waals surface area contributed by atoms with Gasteiger partial charge in [0.2, 0.25) is 0 Å². The minimum Gasteiger partial charge on any atom is -0.324 e. The van der Waals surface area contributed by atoms with E-state index in [-0.39, 0.29) is 13.2 Å². The second kappa shape index (κ2) is 6.94. The second-order valence-electron chi connectivity index (χ2n) is 3.99. The van der Waals surface area contributed by atoms with Crippen LogP contribution >= 0.6 is 6.72 Å². The van der Waals surface area contributed by atoms with Crippen LogP contribution in [0.1, 0.15) is 11.1 Å². The van der Waals surface area contributed by atoms with Crippen molar-refractivity contribution in [3.63, 3.8) is 0 Å². The summed E-state index contributed by atoms with van der Waals surface area (Å²) in [5.74, 6) is 0. The SMILES string of the molecule is OP(=S)(OCc1ccccc1)OCc1ccccc1. The summed E-state index contributed by atoms with van der Waals surface area (Å²) < 4.78 is 10.6. The molecule has 0 fully saturated rings. The number of hydrogen-bond donors (Lipinski definition) is 1. The van der Waals surface area contributed by atoms with Gasteiger partial charge in [-0.05, 0) is 22.9 Å². The molecule has 0 radical (unpaired) electrons. The van der Waals surface area contributed by atoms with Crippen LogP contribution in [0.2, 0.25) is 0 Å². The van der Waals surface area contributed by atoms with E-state index < -0.39 is 6.72 Å². The molecule has 1 N–H and O–H groups in total. The molecule has 5 heteroatoms. The number of rotatable bonds is 6. The molecule has 0 aliphatic rings. The van der Waals surface area contributed by atoms with E-state index >= 15 is 0 Å². The Balaban J connectivity index is 1.84. The molecule has 19 heavy (non-hydrogen) atoms. The lowest BCUT2D eigenvalue weighted by Gasteiger charge is -2.15. The molecule has 3 nitrogen and oxygen atoms in total. The van der Waals surface area contributed by atoms with Gasteiger partial charge in [0.25, 0.3) is 0 Å². The van der Waals surface area contributed by atoms with Gasteiger partial charge in [-0.3, -0.25) is 0 Å². The maximum absolute atomic E-state index is 9.92. The summed E-state index contributed by atoms with van der Waals surface area (Å²) in [6, 6.07) is 19.1. The van der Waals surface area contributed by atoms with Gasteiger partial charge >= 0.3 is 6.72 Å². The quantitative estimate of drug-likeness (QED) is 0.826. The molecule has 2 aromatic carbocycles. The molecule has 0 aromatic heterocycles. The monoisotopic (exact) mass is 294 g/mol. The molecule has 0 saturated carbocycles. The van der Waals surface area contributed by atoms with Gasteiger partial charge in [0.1, 0.15) is 0 Å². The van der Waals surface area contributed by atoms with Crippen molar-refractivity contribution in [2.75, 3.05) is 0 Å². The van der Waals surface area contributed by atoms with Crippen LogP contribution < -0.4 is 0 Å². The first kappa shape index (κ1) is 14.4. The molecular formula is C14H15O3PS. The molecule has 100 valence electrons. The normalized spacial score (nSPS) is 11.4. The summed E-state index contributed by atoms with van der Waals surface area (Å²) in [4.78, 5) is 9.92. The van der Waals surface area contributed by atoms with E-state index in [0.717, 1.165) is 11.1 Å². The maximum Gasteiger partial charge on any atom is 0.325 e. The summed E-state index contributed by atoms with van der Waals surface area (Å²) in [6.45, 7) is -2.68. The molecule has 2 aromatic rings. The van der Waals surface area contributed by atoms with Crippen LogP contribution in [0, 0.1) is 0 Å². The van der Waals surface area contributed by atoms with Crippen molar-refractivity contribution in [2.45, 2.75) is 13.2 Å². The average molecular weight is 294 g/mol. The van der Waals surface area contributed by atoms with Gasteiger partial charge < -0.3 is 13.9 Å².